The molecule has 1 N–H and O–H groups in total. The highest BCUT2D eigenvalue weighted by molar-refractivity contribution is 9.11. The fourth-order valence-electron chi connectivity index (χ4n) is 4.04. The van der Waals surface area contributed by atoms with Crippen LogP contribution in [-0.4, -0.2) is 29.6 Å². The number of thiophene rings is 1. The van der Waals surface area contributed by atoms with Gasteiger partial charge in [-0.1, -0.05) is 32.6 Å². The van der Waals surface area contributed by atoms with Crippen LogP contribution in [0.25, 0.3) is 0 Å². The van der Waals surface area contributed by atoms with Gasteiger partial charge in [0.05, 0.1) is 3.79 Å². The highest BCUT2D eigenvalue weighted by Gasteiger charge is 2.39. The lowest BCUT2D eigenvalue weighted by Gasteiger charge is -2.49. The lowest BCUT2D eigenvalue weighted by atomic mass is 9.79. The molecule has 1 aliphatic heterocycles. The summed E-state index contributed by atoms with van der Waals surface area (Å²) in [7, 11) is 0. The van der Waals surface area contributed by atoms with Crippen LogP contribution >= 0.6 is 27.3 Å². The molecule has 1 spiro atoms. The minimum Gasteiger partial charge on any atom is -0.308 e. The molecule has 21 heavy (non-hydrogen) atoms. The SMILES string of the molecule is CCCC1CNC2(CCCCC2)CN1Cc1ccc(Br)s1. The van der Waals surface area contributed by atoms with Crippen molar-refractivity contribution in [2.45, 2.75) is 70.0 Å². The minimum absolute atomic E-state index is 0.414. The van der Waals surface area contributed by atoms with Gasteiger partial charge in [-0.15, -0.1) is 11.3 Å². The molecular formula is C17H27BrN2S. The van der Waals surface area contributed by atoms with Gasteiger partial charge in [-0.2, -0.15) is 0 Å². The van der Waals surface area contributed by atoms with E-state index in [-0.39, 0.29) is 0 Å². The van der Waals surface area contributed by atoms with E-state index in [0.29, 0.717) is 11.6 Å². The first-order chi connectivity index (χ1) is 10.2. The first-order valence-corrected chi connectivity index (χ1v) is 10.0. The average molecular weight is 371 g/mol. The van der Waals surface area contributed by atoms with Crippen LogP contribution in [0, 0.1) is 0 Å². The second-order valence-corrected chi connectivity index (χ2v) is 9.32. The highest BCUT2D eigenvalue weighted by atomic mass is 79.9. The molecule has 1 saturated carbocycles. The monoisotopic (exact) mass is 370 g/mol. The zero-order chi connectivity index (χ0) is 14.7. The number of rotatable bonds is 4. The molecule has 1 saturated heterocycles. The van der Waals surface area contributed by atoms with Crippen molar-refractivity contribution in [3.63, 3.8) is 0 Å². The largest absolute Gasteiger partial charge is 0.308 e. The number of nitrogens with zero attached hydrogens (tertiary/aromatic N) is 1. The van der Waals surface area contributed by atoms with Gasteiger partial charge in [0.25, 0.3) is 0 Å². The van der Waals surface area contributed by atoms with Gasteiger partial charge in [0.1, 0.15) is 0 Å². The second-order valence-electron chi connectivity index (χ2n) is 6.78. The van der Waals surface area contributed by atoms with Crippen molar-refractivity contribution in [2.24, 2.45) is 0 Å². The lowest BCUT2D eigenvalue weighted by Crippen LogP contribution is -2.64. The summed E-state index contributed by atoms with van der Waals surface area (Å²) < 4.78 is 1.26. The Morgan fingerprint density at radius 2 is 2.14 bits per heavy atom. The summed E-state index contributed by atoms with van der Waals surface area (Å²) in [5.41, 5.74) is 0.414. The maximum Gasteiger partial charge on any atom is 0.0701 e. The van der Waals surface area contributed by atoms with E-state index in [9.17, 15) is 0 Å². The molecule has 118 valence electrons. The van der Waals surface area contributed by atoms with Gasteiger partial charge in [-0.3, -0.25) is 4.90 Å². The second kappa shape index (κ2) is 7.12. The molecule has 4 heteroatoms. The number of halogens is 1. The van der Waals surface area contributed by atoms with Gasteiger partial charge in [0, 0.05) is 36.1 Å². The predicted octanol–water partition coefficient (Wildman–Crippen LogP) is 4.79. The van der Waals surface area contributed by atoms with Gasteiger partial charge < -0.3 is 5.32 Å². The molecule has 2 aliphatic rings. The third-order valence-corrected chi connectivity index (χ3v) is 6.76. The topological polar surface area (TPSA) is 15.3 Å². The molecule has 0 amide bonds. The van der Waals surface area contributed by atoms with Crippen LogP contribution in [0.4, 0.5) is 0 Å². The van der Waals surface area contributed by atoms with E-state index < -0.39 is 0 Å². The van der Waals surface area contributed by atoms with E-state index in [1.54, 1.807) is 0 Å². The van der Waals surface area contributed by atoms with Crippen LogP contribution in [-0.2, 0) is 6.54 Å². The molecule has 2 heterocycles. The zero-order valence-electron chi connectivity index (χ0n) is 13.0. The van der Waals surface area contributed by atoms with Gasteiger partial charge in [0.15, 0.2) is 0 Å². The van der Waals surface area contributed by atoms with E-state index in [1.807, 2.05) is 11.3 Å². The number of hydrogen-bond donors (Lipinski definition) is 1. The molecule has 0 aromatic carbocycles. The van der Waals surface area contributed by atoms with Crippen molar-refractivity contribution < 1.29 is 0 Å². The van der Waals surface area contributed by atoms with Gasteiger partial charge in [-0.05, 0) is 47.3 Å². The molecule has 1 atom stereocenters. The molecule has 1 unspecified atom stereocenters. The van der Waals surface area contributed by atoms with Crippen molar-refractivity contribution in [2.75, 3.05) is 13.1 Å². The summed E-state index contributed by atoms with van der Waals surface area (Å²) in [4.78, 5) is 4.26. The third kappa shape index (κ3) is 3.90. The zero-order valence-corrected chi connectivity index (χ0v) is 15.4. The van der Waals surface area contributed by atoms with E-state index in [2.05, 4.69) is 45.2 Å². The Bertz CT molecular complexity index is 453. The molecule has 2 nitrogen and oxygen atoms in total. The van der Waals surface area contributed by atoms with Crippen LogP contribution in [0.5, 0.6) is 0 Å². The maximum atomic E-state index is 3.94. The molecule has 0 bridgehead atoms. The Morgan fingerprint density at radius 3 is 2.81 bits per heavy atom. The van der Waals surface area contributed by atoms with Gasteiger partial charge >= 0.3 is 0 Å². The quantitative estimate of drug-likeness (QED) is 0.819. The van der Waals surface area contributed by atoms with Crippen molar-refractivity contribution in [1.82, 2.24) is 10.2 Å². The van der Waals surface area contributed by atoms with Crippen LogP contribution < -0.4 is 5.32 Å². The fraction of sp³-hybridized carbons (Fsp3) is 0.765. The highest BCUT2D eigenvalue weighted by Crippen LogP contribution is 2.34. The normalized spacial score (nSPS) is 26.3. The van der Waals surface area contributed by atoms with Crippen molar-refractivity contribution >= 4 is 27.3 Å². The Labute approximate surface area is 141 Å². The maximum absolute atomic E-state index is 3.94. The van der Waals surface area contributed by atoms with Crippen LogP contribution in [0.2, 0.25) is 0 Å². The van der Waals surface area contributed by atoms with Crippen molar-refractivity contribution in [3.8, 4) is 0 Å². The summed E-state index contributed by atoms with van der Waals surface area (Å²) in [6, 6.07) is 5.18. The summed E-state index contributed by atoms with van der Waals surface area (Å²) >= 11 is 5.49. The Hall–Kier alpha value is 0.1000. The molecular weight excluding hydrogens is 344 g/mol. The van der Waals surface area contributed by atoms with Crippen molar-refractivity contribution in [3.05, 3.63) is 20.8 Å². The van der Waals surface area contributed by atoms with E-state index in [0.717, 1.165) is 6.54 Å². The molecule has 1 aliphatic carbocycles. The molecule has 3 rings (SSSR count). The van der Waals surface area contributed by atoms with Crippen LogP contribution in [0.1, 0.15) is 56.7 Å². The molecule has 2 fully saturated rings. The van der Waals surface area contributed by atoms with Gasteiger partial charge in [0.2, 0.25) is 0 Å². The Kier molecular flexibility index (Phi) is 5.41. The van der Waals surface area contributed by atoms with Crippen LogP contribution in [0.3, 0.4) is 0 Å². The average Bonchev–Trinajstić information content (AvgIpc) is 2.88. The minimum atomic E-state index is 0.414. The molecule has 1 aromatic heterocycles. The van der Waals surface area contributed by atoms with Crippen LogP contribution in [0.15, 0.2) is 15.9 Å². The first-order valence-electron chi connectivity index (χ1n) is 8.44. The first kappa shape index (κ1) is 16.0. The third-order valence-electron chi connectivity index (χ3n) is 5.16. The summed E-state index contributed by atoms with van der Waals surface area (Å²) in [5.74, 6) is 0. The van der Waals surface area contributed by atoms with E-state index >= 15 is 0 Å². The lowest BCUT2D eigenvalue weighted by molar-refractivity contribution is 0.0468. The summed E-state index contributed by atoms with van der Waals surface area (Å²) in [6.07, 6.45) is 9.58. The fourth-order valence-corrected chi connectivity index (χ4v) is 5.55. The van der Waals surface area contributed by atoms with Crippen molar-refractivity contribution in [1.29, 1.82) is 0 Å². The van der Waals surface area contributed by atoms with E-state index in [4.69, 9.17) is 0 Å². The predicted molar refractivity (Wildman–Crippen MR) is 94.9 cm³/mol. The summed E-state index contributed by atoms with van der Waals surface area (Å²) in [5, 5.41) is 3.94. The Balaban J connectivity index is 1.71. The standard InChI is InChI=1S/C17H27BrN2S/c1-2-6-14-11-19-17(9-4-3-5-10-17)13-20(14)12-15-7-8-16(18)21-15/h7-8,14,19H,2-6,9-13H2,1H3. The molecule has 0 radical (unpaired) electrons. The van der Waals surface area contributed by atoms with E-state index in [1.165, 1.54) is 66.7 Å². The summed E-state index contributed by atoms with van der Waals surface area (Å²) in [6.45, 7) is 5.86. The Morgan fingerprint density at radius 1 is 1.33 bits per heavy atom. The number of hydrogen-bond acceptors (Lipinski definition) is 3. The molecule has 1 aromatic rings. The smallest absolute Gasteiger partial charge is 0.0701 e. The van der Waals surface area contributed by atoms with Gasteiger partial charge in [-0.25, -0.2) is 0 Å². The number of piperazine rings is 1. The number of nitrogens with one attached hydrogen (secondary N) is 1.